The smallest absolute Gasteiger partial charge is 0.251 e. The molecule has 0 saturated heterocycles. The lowest BCUT2D eigenvalue weighted by atomic mass is 10.2. The molecule has 0 fully saturated rings. The van der Waals surface area contributed by atoms with E-state index in [4.69, 9.17) is 4.98 Å². The van der Waals surface area contributed by atoms with Crippen molar-refractivity contribution in [2.45, 2.75) is 6.54 Å². The molecule has 6 aromatic rings. The standard InChI is InChI=1S/C24H16N4OS2/c29-23(25-12-22-26-17-6-2-3-7-18(17)27-22)14-9-10-19-21(11-14)31-24(28-19)16-13-30-20-8-4-1-5-15(16)20/h1-11,13H,12H2,(H,25,29)(H,26,27). The molecule has 1 amide bonds. The van der Waals surface area contributed by atoms with Crippen LogP contribution in [0.25, 0.3) is 41.9 Å². The molecule has 6 rings (SSSR count). The zero-order valence-electron chi connectivity index (χ0n) is 16.3. The van der Waals surface area contributed by atoms with E-state index in [1.54, 1.807) is 22.7 Å². The number of nitrogens with one attached hydrogen (secondary N) is 2. The molecule has 7 heteroatoms. The highest BCUT2D eigenvalue weighted by Gasteiger charge is 2.14. The fraction of sp³-hybridized carbons (Fsp3) is 0.0417. The third kappa shape index (κ3) is 3.28. The summed E-state index contributed by atoms with van der Waals surface area (Å²) in [6, 6.07) is 21.8. The first-order valence-corrected chi connectivity index (χ1v) is 11.5. The van der Waals surface area contributed by atoms with Gasteiger partial charge in [0.2, 0.25) is 0 Å². The van der Waals surface area contributed by atoms with Crippen molar-refractivity contribution in [1.29, 1.82) is 0 Å². The van der Waals surface area contributed by atoms with Crippen molar-refractivity contribution in [3.63, 3.8) is 0 Å². The molecule has 0 saturated carbocycles. The molecule has 31 heavy (non-hydrogen) atoms. The second-order valence-corrected chi connectivity index (χ2v) is 9.17. The second-order valence-electron chi connectivity index (χ2n) is 7.23. The predicted molar refractivity (Wildman–Crippen MR) is 128 cm³/mol. The summed E-state index contributed by atoms with van der Waals surface area (Å²) < 4.78 is 2.25. The van der Waals surface area contributed by atoms with Crippen LogP contribution in [-0.2, 0) is 6.54 Å². The van der Waals surface area contributed by atoms with E-state index < -0.39 is 0 Å². The van der Waals surface area contributed by atoms with Crippen LogP contribution in [0.1, 0.15) is 16.2 Å². The van der Waals surface area contributed by atoms with Crippen molar-refractivity contribution >= 4 is 59.9 Å². The Bertz CT molecular complexity index is 1540. The van der Waals surface area contributed by atoms with E-state index in [2.05, 4.69) is 44.9 Å². The largest absolute Gasteiger partial charge is 0.345 e. The van der Waals surface area contributed by atoms with Gasteiger partial charge in [-0.25, -0.2) is 9.97 Å². The van der Waals surface area contributed by atoms with Gasteiger partial charge in [0.15, 0.2) is 0 Å². The minimum absolute atomic E-state index is 0.127. The maximum atomic E-state index is 12.7. The highest BCUT2D eigenvalue weighted by Crippen LogP contribution is 2.38. The van der Waals surface area contributed by atoms with Crippen LogP contribution >= 0.6 is 22.7 Å². The Kier molecular flexibility index (Phi) is 4.29. The van der Waals surface area contributed by atoms with Gasteiger partial charge in [-0.15, -0.1) is 22.7 Å². The molecular weight excluding hydrogens is 424 g/mol. The minimum Gasteiger partial charge on any atom is -0.345 e. The van der Waals surface area contributed by atoms with Gasteiger partial charge in [-0.1, -0.05) is 30.3 Å². The lowest BCUT2D eigenvalue weighted by Crippen LogP contribution is -2.23. The third-order valence-electron chi connectivity index (χ3n) is 5.22. The first kappa shape index (κ1) is 18.2. The van der Waals surface area contributed by atoms with Gasteiger partial charge in [0.25, 0.3) is 5.91 Å². The van der Waals surface area contributed by atoms with E-state index >= 15 is 0 Å². The van der Waals surface area contributed by atoms with Crippen molar-refractivity contribution in [3.05, 3.63) is 83.5 Å². The number of hydrogen-bond acceptors (Lipinski definition) is 5. The molecule has 0 spiro atoms. The molecule has 3 heterocycles. The van der Waals surface area contributed by atoms with Crippen molar-refractivity contribution in [1.82, 2.24) is 20.3 Å². The lowest BCUT2D eigenvalue weighted by molar-refractivity contribution is 0.0950. The Hall–Kier alpha value is -3.55. The molecule has 0 aliphatic carbocycles. The Morgan fingerprint density at radius 3 is 2.74 bits per heavy atom. The van der Waals surface area contributed by atoms with Crippen LogP contribution in [0.2, 0.25) is 0 Å². The van der Waals surface area contributed by atoms with Gasteiger partial charge >= 0.3 is 0 Å². The number of aromatic amines is 1. The van der Waals surface area contributed by atoms with E-state index in [1.165, 1.54) is 10.1 Å². The van der Waals surface area contributed by atoms with Crippen LogP contribution in [0.4, 0.5) is 0 Å². The molecule has 5 nitrogen and oxygen atoms in total. The van der Waals surface area contributed by atoms with Crippen molar-refractivity contribution in [2.24, 2.45) is 0 Å². The number of carbonyl (C=O) groups is 1. The Morgan fingerprint density at radius 1 is 0.935 bits per heavy atom. The van der Waals surface area contributed by atoms with Gasteiger partial charge in [-0.2, -0.15) is 0 Å². The number of amides is 1. The van der Waals surface area contributed by atoms with Crippen LogP contribution in [0, 0.1) is 0 Å². The first-order valence-electron chi connectivity index (χ1n) is 9.84. The van der Waals surface area contributed by atoms with Gasteiger partial charge < -0.3 is 10.3 Å². The summed E-state index contributed by atoms with van der Waals surface area (Å²) >= 11 is 3.34. The number of rotatable bonds is 4. The van der Waals surface area contributed by atoms with Gasteiger partial charge in [0, 0.05) is 26.6 Å². The van der Waals surface area contributed by atoms with Crippen LogP contribution in [0.5, 0.6) is 0 Å². The predicted octanol–water partition coefficient (Wildman–Crippen LogP) is 5.98. The number of aromatic nitrogens is 3. The molecule has 0 aliphatic heterocycles. The monoisotopic (exact) mass is 440 g/mol. The van der Waals surface area contributed by atoms with Gasteiger partial charge in [0.1, 0.15) is 10.8 Å². The Labute approximate surface area is 185 Å². The first-order chi connectivity index (χ1) is 15.2. The molecular formula is C24H16N4OS2. The summed E-state index contributed by atoms with van der Waals surface area (Å²) in [6.07, 6.45) is 0. The van der Waals surface area contributed by atoms with Gasteiger partial charge in [-0.05, 0) is 36.4 Å². The summed E-state index contributed by atoms with van der Waals surface area (Å²) in [5, 5.41) is 7.31. The van der Waals surface area contributed by atoms with Crippen LogP contribution in [0.15, 0.2) is 72.1 Å². The third-order valence-corrected chi connectivity index (χ3v) is 7.23. The number of thiazole rings is 1. The molecule has 2 N–H and O–H groups in total. The number of imidazole rings is 1. The highest BCUT2D eigenvalue weighted by molar-refractivity contribution is 7.22. The SMILES string of the molecule is O=C(NCc1nc2ccccc2[nH]1)c1ccc2nc(-c3csc4ccccc34)sc2c1. The lowest BCUT2D eigenvalue weighted by Gasteiger charge is -2.03. The summed E-state index contributed by atoms with van der Waals surface area (Å²) in [6.45, 7) is 0.348. The van der Waals surface area contributed by atoms with Crippen LogP contribution in [0.3, 0.4) is 0 Å². The van der Waals surface area contributed by atoms with Crippen molar-refractivity contribution < 1.29 is 4.79 Å². The fourth-order valence-electron chi connectivity index (χ4n) is 3.68. The average molecular weight is 441 g/mol. The number of H-pyrrole nitrogens is 1. The van der Waals surface area contributed by atoms with Crippen LogP contribution < -0.4 is 5.32 Å². The summed E-state index contributed by atoms with van der Waals surface area (Å²) in [4.78, 5) is 25.3. The molecule has 3 aromatic carbocycles. The van der Waals surface area contributed by atoms with Crippen molar-refractivity contribution in [2.75, 3.05) is 0 Å². The molecule has 3 aromatic heterocycles. The summed E-state index contributed by atoms with van der Waals surface area (Å²) in [7, 11) is 0. The van der Waals surface area contributed by atoms with E-state index in [1.807, 2.05) is 42.5 Å². The molecule has 0 aliphatic rings. The number of para-hydroxylation sites is 2. The van der Waals surface area contributed by atoms with E-state index in [0.29, 0.717) is 12.1 Å². The molecule has 0 radical (unpaired) electrons. The number of nitrogens with zero attached hydrogens (tertiary/aromatic N) is 2. The number of thiophene rings is 1. The molecule has 0 unspecified atom stereocenters. The van der Waals surface area contributed by atoms with Gasteiger partial charge in [0.05, 0.1) is 27.8 Å². The number of benzene rings is 3. The number of fused-ring (bicyclic) bond motifs is 3. The maximum Gasteiger partial charge on any atom is 0.251 e. The molecule has 0 atom stereocenters. The zero-order valence-corrected chi connectivity index (χ0v) is 17.9. The van der Waals surface area contributed by atoms with E-state index in [-0.39, 0.29) is 5.91 Å². The number of hydrogen-bond donors (Lipinski definition) is 2. The second kappa shape index (κ2) is 7.30. The fourth-order valence-corrected chi connectivity index (χ4v) is 5.74. The topological polar surface area (TPSA) is 70.7 Å². The molecule has 150 valence electrons. The summed E-state index contributed by atoms with van der Waals surface area (Å²) in [5.41, 5.74) is 4.54. The van der Waals surface area contributed by atoms with Crippen molar-refractivity contribution in [3.8, 4) is 10.6 Å². The minimum atomic E-state index is -0.127. The highest BCUT2D eigenvalue weighted by atomic mass is 32.1. The average Bonchev–Trinajstić information content (AvgIpc) is 3.52. The zero-order chi connectivity index (χ0) is 20.8. The van der Waals surface area contributed by atoms with Gasteiger partial charge in [-0.3, -0.25) is 4.79 Å². The summed E-state index contributed by atoms with van der Waals surface area (Å²) in [5.74, 6) is 0.610. The Balaban J connectivity index is 1.25. The molecule has 0 bridgehead atoms. The Morgan fingerprint density at radius 2 is 1.81 bits per heavy atom. The maximum absolute atomic E-state index is 12.7. The quantitative estimate of drug-likeness (QED) is 0.354. The normalized spacial score (nSPS) is 11.5. The van der Waals surface area contributed by atoms with E-state index in [9.17, 15) is 4.79 Å². The van der Waals surface area contributed by atoms with E-state index in [0.717, 1.165) is 37.6 Å². The van der Waals surface area contributed by atoms with Crippen LogP contribution in [-0.4, -0.2) is 20.9 Å². The number of carbonyl (C=O) groups excluding carboxylic acids is 1.